The summed E-state index contributed by atoms with van der Waals surface area (Å²) in [6, 6.07) is 11.1. The molecular formula is C17H23N3S. The van der Waals surface area contributed by atoms with E-state index in [0.717, 1.165) is 17.6 Å². The lowest BCUT2D eigenvalue weighted by Gasteiger charge is -2.15. The van der Waals surface area contributed by atoms with Crippen LogP contribution >= 0.6 is 11.8 Å². The molecule has 4 heteroatoms. The summed E-state index contributed by atoms with van der Waals surface area (Å²) in [4.78, 5) is 4.49. The van der Waals surface area contributed by atoms with Crippen LogP contribution in [-0.4, -0.2) is 27.1 Å². The predicted molar refractivity (Wildman–Crippen MR) is 90.1 cm³/mol. The Kier molecular flexibility index (Phi) is 4.66. The summed E-state index contributed by atoms with van der Waals surface area (Å²) >= 11 is 2.00. The van der Waals surface area contributed by atoms with E-state index in [4.69, 9.17) is 0 Å². The summed E-state index contributed by atoms with van der Waals surface area (Å²) in [6.07, 6.45) is 8.15. The highest BCUT2D eigenvalue weighted by molar-refractivity contribution is 7.99. The summed E-state index contributed by atoms with van der Waals surface area (Å²) in [7, 11) is 0. The molecule has 1 fully saturated rings. The molecule has 1 aliphatic rings. The van der Waals surface area contributed by atoms with E-state index in [-0.39, 0.29) is 0 Å². The first-order valence-electron chi connectivity index (χ1n) is 7.62. The fourth-order valence-electron chi connectivity index (χ4n) is 3.13. The minimum absolute atomic E-state index is 0.655. The molecule has 1 N–H and O–H groups in total. The third-order valence-electron chi connectivity index (χ3n) is 4.32. The molecule has 0 saturated heterocycles. The van der Waals surface area contributed by atoms with E-state index >= 15 is 0 Å². The molecule has 3 rings (SSSR count). The van der Waals surface area contributed by atoms with Crippen LogP contribution in [0.25, 0.3) is 5.69 Å². The second kappa shape index (κ2) is 6.67. The molecule has 0 spiro atoms. The lowest BCUT2D eigenvalue weighted by Crippen LogP contribution is -2.27. The molecule has 2 aromatic rings. The van der Waals surface area contributed by atoms with Crippen LogP contribution in [0.5, 0.6) is 0 Å². The number of thioether (sulfide) groups is 1. The van der Waals surface area contributed by atoms with Gasteiger partial charge < -0.3 is 5.32 Å². The zero-order valence-electron chi connectivity index (χ0n) is 12.7. The Hall–Kier alpha value is -1.26. The first-order valence-corrected chi connectivity index (χ1v) is 8.91. The fourth-order valence-corrected chi connectivity index (χ4v) is 3.93. The van der Waals surface area contributed by atoms with Crippen molar-refractivity contribution in [2.45, 2.75) is 44.0 Å². The highest BCUT2D eigenvalue weighted by Gasteiger charge is 2.23. The molecule has 0 bridgehead atoms. The van der Waals surface area contributed by atoms with Gasteiger partial charge in [-0.1, -0.05) is 18.2 Å². The molecule has 0 aliphatic heterocycles. The average molecular weight is 301 g/mol. The van der Waals surface area contributed by atoms with Crippen molar-refractivity contribution >= 4 is 11.8 Å². The van der Waals surface area contributed by atoms with Gasteiger partial charge in [-0.15, -0.1) is 0 Å². The zero-order valence-corrected chi connectivity index (χ0v) is 13.6. The maximum absolute atomic E-state index is 4.49. The Labute approximate surface area is 131 Å². The molecule has 1 aromatic heterocycles. The number of hydrogen-bond donors (Lipinski definition) is 1. The first kappa shape index (κ1) is 14.7. The van der Waals surface area contributed by atoms with E-state index < -0.39 is 0 Å². The van der Waals surface area contributed by atoms with Crippen molar-refractivity contribution in [1.29, 1.82) is 0 Å². The second-order valence-corrected chi connectivity index (χ2v) is 6.85. The van der Waals surface area contributed by atoms with Crippen LogP contribution in [0.2, 0.25) is 0 Å². The number of nitrogens with zero attached hydrogens (tertiary/aromatic N) is 2. The number of aryl methyl sites for hydroxylation is 1. The Morgan fingerprint density at radius 1 is 1.29 bits per heavy atom. The van der Waals surface area contributed by atoms with E-state index in [1.165, 1.54) is 30.6 Å². The molecule has 2 unspecified atom stereocenters. The van der Waals surface area contributed by atoms with Crippen molar-refractivity contribution in [3.8, 4) is 5.69 Å². The minimum Gasteiger partial charge on any atom is -0.308 e. The van der Waals surface area contributed by atoms with Gasteiger partial charge in [0.1, 0.15) is 5.82 Å². The highest BCUT2D eigenvalue weighted by atomic mass is 32.2. The lowest BCUT2D eigenvalue weighted by molar-refractivity contribution is 0.517. The van der Waals surface area contributed by atoms with Crippen LogP contribution in [0.3, 0.4) is 0 Å². The number of para-hydroxylation sites is 1. The van der Waals surface area contributed by atoms with Crippen LogP contribution in [0.15, 0.2) is 36.5 Å². The number of nitrogens with one attached hydrogen (secondary N) is 1. The van der Waals surface area contributed by atoms with Gasteiger partial charge in [0.25, 0.3) is 0 Å². The van der Waals surface area contributed by atoms with Gasteiger partial charge in [0.2, 0.25) is 0 Å². The van der Waals surface area contributed by atoms with Gasteiger partial charge in [-0.25, -0.2) is 4.98 Å². The van der Waals surface area contributed by atoms with Crippen molar-refractivity contribution in [2.24, 2.45) is 0 Å². The molecule has 1 heterocycles. The molecular weight excluding hydrogens is 278 g/mol. The summed E-state index contributed by atoms with van der Waals surface area (Å²) in [5.74, 6) is 1.05. The maximum atomic E-state index is 4.49. The lowest BCUT2D eigenvalue weighted by atomic mass is 10.2. The van der Waals surface area contributed by atoms with Crippen molar-refractivity contribution in [3.63, 3.8) is 0 Å². The molecule has 0 amide bonds. The van der Waals surface area contributed by atoms with E-state index in [0.29, 0.717) is 6.04 Å². The number of rotatable bonds is 5. The van der Waals surface area contributed by atoms with Gasteiger partial charge in [0.05, 0.1) is 11.9 Å². The first-order chi connectivity index (χ1) is 10.3. The van der Waals surface area contributed by atoms with E-state index in [2.05, 4.69) is 58.4 Å². The summed E-state index contributed by atoms with van der Waals surface area (Å²) < 4.78 is 2.24. The van der Waals surface area contributed by atoms with Gasteiger partial charge in [-0.2, -0.15) is 11.8 Å². The number of hydrogen-bond acceptors (Lipinski definition) is 3. The summed E-state index contributed by atoms with van der Waals surface area (Å²) in [5.41, 5.74) is 2.43. The molecule has 1 saturated carbocycles. The van der Waals surface area contributed by atoms with Crippen molar-refractivity contribution in [3.05, 3.63) is 48.0 Å². The quantitative estimate of drug-likeness (QED) is 0.916. The number of benzene rings is 1. The second-order valence-electron chi connectivity index (χ2n) is 5.72. The van der Waals surface area contributed by atoms with E-state index in [1.807, 2.05) is 18.0 Å². The Bertz CT molecular complexity index is 579. The molecule has 1 aromatic carbocycles. The predicted octanol–water partition coefficient (Wildman–Crippen LogP) is 3.55. The van der Waals surface area contributed by atoms with Crippen LogP contribution in [0.4, 0.5) is 0 Å². The number of imidazole rings is 1. The Balaban J connectivity index is 1.70. The van der Waals surface area contributed by atoms with Gasteiger partial charge >= 0.3 is 0 Å². The van der Waals surface area contributed by atoms with Gasteiger partial charge in [-0.05, 0) is 44.6 Å². The Morgan fingerprint density at radius 3 is 2.81 bits per heavy atom. The van der Waals surface area contributed by atoms with Crippen LogP contribution in [0.1, 0.15) is 30.8 Å². The highest BCUT2D eigenvalue weighted by Crippen LogP contribution is 2.28. The third kappa shape index (κ3) is 3.33. The standard InChI is InChI=1S/C17H23N3S/c1-13-18-11-16(20(13)15-6-4-3-5-7-15)12-19-14-8-9-17(10-14)21-2/h3-7,11,14,17,19H,8-10,12H2,1-2H3. The van der Waals surface area contributed by atoms with Gasteiger partial charge in [-0.3, -0.25) is 4.57 Å². The average Bonchev–Trinajstić information content (AvgIpc) is 3.12. The third-order valence-corrected chi connectivity index (χ3v) is 5.41. The molecule has 0 radical (unpaired) electrons. The minimum atomic E-state index is 0.655. The maximum Gasteiger partial charge on any atom is 0.110 e. The molecule has 3 nitrogen and oxygen atoms in total. The smallest absolute Gasteiger partial charge is 0.110 e. The topological polar surface area (TPSA) is 29.9 Å². The van der Waals surface area contributed by atoms with Crippen LogP contribution < -0.4 is 5.32 Å². The van der Waals surface area contributed by atoms with E-state index in [1.54, 1.807) is 0 Å². The molecule has 2 atom stereocenters. The van der Waals surface area contributed by atoms with Crippen LogP contribution in [0, 0.1) is 6.92 Å². The van der Waals surface area contributed by atoms with Crippen LogP contribution in [-0.2, 0) is 6.54 Å². The van der Waals surface area contributed by atoms with E-state index in [9.17, 15) is 0 Å². The van der Waals surface area contributed by atoms with Crippen molar-refractivity contribution in [1.82, 2.24) is 14.9 Å². The Morgan fingerprint density at radius 2 is 2.10 bits per heavy atom. The summed E-state index contributed by atoms with van der Waals surface area (Å²) in [6.45, 7) is 2.96. The SMILES string of the molecule is CSC1CCC(NCc2cnc(C)n2-c2ccccc2)C1. The largest absolute Gasteiger partial charge is 0.308 e. The number of aromatic nitrogens is 2. The monoisotopic (exact) mass is 301 g/mol. The normalized spacial score (nSPS) is 21.8. The fraction of sp³-hybridized carbons (Fsp3) is 0.471. The van der Waals surface area contributed by atoms with Gasteiger partial charge in [0, 0.05) is 23.5 Å². The zero-order chi connectivity index (χ0) is 14.7. The molecule has 1 aliphatic carbocycles. The van der Waals surface area contributed by atoms with Crippen molar-refractivity contribution in [2.75, 3.05) is 6.26 Å². The summed E-state index contributed by atoms with van der Waals surface area (Å²) in [5, 5.41) is 4.55. The van der Waals surface area contributed by atoms with Crippen molar-refractivity contribution < 1.29 is 0 Å². The molecule has 112 valence electrons. The molecule has 21 heavy (non-hydrogen) atoms. The van der Waals surface area contributed by atoms with Gasteiger partial charge in [0.15, 0.2) is 0 Å².